The van der Waals surface area contributed by atoms with Crippen LogP contribution in [0.4, 0.5) is 5.69 Å². The summed E-state index contributed by atoms with van der Waals surface area (Å²) < 4.78 is 0. The zero-order valence-electron chi connectivity index (χ0n) is 11.4. The maximum Gasteiger partial charge on any atom is 0.244 e. The van der Waals surface area contributed by atoms with E-state index in [9.17, 15) is 9.59 Å². The first-order valence-corrected chi connectivity index (χ1v) is 6.54. The number of allylic oxidation sites excluding steroid dienone is 3. The summed E-state index contributed by atoms with van der Waals surface area (Å²) in [7, 11) is 0. The van der Waals surface area contributed by atoms with E-state index in [0.29, 0.717) is 10.7 Å². The van der Waals surface area contributed by atoms with Crippen LogP contribution in [0.1, 0.15) is 12.5 Å². The minimum atomic E-state index is -0.318. The topological polar surface area (TPSA) is 58.2 Å². The lowest BCUT2D eigenvalue weighted by atomic mass is 10.2. The molecule has 0 aliphatic rings. The molecule has 0 unspecified atom stereocenters. The van der Waals surface area contributed by atoms with Crippen molar-refractivity contribution in [3.05, 3.63) is 53.1 Å². The maximum atomic E-state index is 11.7. The fourth-order valence-corrected chi connectivity index (χ4v) is 1.59. The summed E-state index contributed by atoms with van der Waals surface area (Å²) in [4.78, 5) is 23.1. The molecule has 4 nitrogen and oxygen atoms in total. The van der Waals surface area contributed by atoms with Crippen LogP contribution in [0, 0.1) is 6.92 Å². The van der Waals surface area contributed by atoms with Gasteiger partial charge in [0.1, 0.15) is 0 Å². The number of amides is 2. The Morgan fingerprint density at radius 2 is 2.05 bits per heavy atom. The van der Waals surface area contributed by atoms with Crippen LogP contribution in [-0.2, 0) is 9.59 Å². The second-order valence-corrected chi connectivity index (χ2v) is 4.47. The molecule has 2 amide bonds. The zero-order valence-corrected chi connectivity index (χ0v) is 12.2. The second kappa shape index (κ2) is 8.17. The van der Waals surface area contributed by atoms with E-state index >= 15 is 0 Å². The van der Waals surface area contributed by atoms with Crippen LogP contribution in [0.25, 0.3) is 0 Å². The number of rotatable bonds is 5. The largest absolute Gasteiger partial charge is 0.343 e. The molecule has 0 aliphatic carbocycles. The third-order valence-corrected chi connectivity index (χ3v) is 2.93. The third-order valence-electron chi connectivity index (χ3n) is 2.52. The number of carbonyl (C=O) groups is 2. The Hall–Kier alpha value is -2.07. The molecule has 1 aromatic carbocycles. The SMILES string of the molecule is C/C=C/C=C/C(=O)NCC(=O)Nc1cccc(Cl)c1C. The maximum absolute atomic E-state index is 11.7. The molecule has 5 heteroatoms. The van der Waals surface area contributed by atoms with Crippen molar-refractivity contribution in [3.8, 4) is 0 Å². The van der Waals surface area contributed by atoms with E-state index in [0.717, 1.165) is 5.56 Å². The van der Waals surface area contributed by atoms with Gasteiger partial charge in [0.05, 0.1) is 6.54 Å². The van der Waals surface area contributed by atoms with Crippen molar-refractivity contribution < 1.29 is 9.59 Å². The van der Waals surface area contributed by atoms with Crippen molar-refractivity contribution in [3.63, 3.8) is 0 Å². The summed E-state index contributed by atoms with van der Waals surface area (Å²) >= 11 is 5.96. The van der Waals surface area contributed by atoms with Crippen molar-refractivity contribution in [2.75, 3.05) is 11.9 Å². The van der Waals surface area contributed by atoms with Gasteiger partial charge in [-0.05, 0) is 31.5 Å². The summed E-state index contributed by atoms with van der Waals surface area (Å²) in [6.07, 6.45) is 6.50. The highest BCUT2D eigenvalue weighted by atomic mass is 35.5. The number of carbonyl (C=O) groups excluding carboxylic acids is 2. The van der Waals surface area contributed by atoms with E-state index in [-0.39, 0.29) is 18.4 Å². The molecular formula is C15H17ClN2O2. The Morgan fingerprint density at radius 3 is 2.75 bits per heavy atom. The minimum absolute atomic E-state index is 0.0923. The van der Waals surface area contributed by atoms with Gasteiger partial charge in [0.25, 0.3) is 0 Å². The first-order chi connectivity index (χ1) is 9.54. The van der Waals surface area contributed by atoms with Crippen LogP contribution in [0.15, 0.2) is 42.5 Å². The van der Waals surface area contributed by atoms with Crippen LogP contribution in [0.2, 0.25) is 5.02 Å². The molecule has 1 rings (SSSR count). The summed E-state index contributed by atoms with van der Waals surface area (Å²) in [6, 6.07) is 5.26. The predicted molar refractivity (Wildman–Crippen MR) is 81.8 cm³/mol. The molecule has 0 fully saturated rings. The Balaban J connectivity index is 2.48. The van der Waals surface area contributed by atoms with Gasteiger partial charge in [-0.3, -0.25) is 9.59 Å². The average Bonchev–Trinajstić information content (AvgIpc) is 2.42. The van der Waals surface area contributed by atoms with Crippen LogP contribution in [-0.4, -0.2) is 18.4 Å². The van der Waals surface area contributed by atoms with Crippen molar-refractivity contribution in [2.45, 2.75) is 13.8 Å². The minimum Gasteiger partial charge on any atom is -0.343 e. The predicted octanol–water partition coefficient (Wildman–Crippen LogP) is 2.84. The molecule has 0 saturated carbocycles. The lowest BCUT2D eigenvalue weighted by Crippen LogP contribution is -2.31. The molecule has 0 heterocycles. The molecule has 0 atom stereocenters. The lowest BCUT2D eigenvalue weighted by molar-refractivity contribution is -0.121. The number of halogens is 1. The van der Waals surface area contributed by atoms with Crippen LogP contribution in [0.3, 0.4) is 0 Å². The fraction of sp³-hybridized carbons (Fsp3) is 0.200. The number of nitrogens with one attached hydrogen (secondary N) is 2. The van der Waals surface area contributed by atoms with E-state index in [1.54, 1.807) is 36.4 Å². The first-order valence-electron chi connectivity index (χ1n) is 6.16. The summed E-state index contributed by atoms with van der Waals surface area (Å²) in [5.74, 6) is -0.621. The molecule has 0 bridgehead atoms. The van der Waals surface area contributed by atoms with Crippen molar-refractivity contribution in [2.24, 2.45) is 0 Å². The zero-order chi connectivity index (χ0) is 15.0. The van der Waals surface area contributed by atoms with Gasteiger partial charge in [-0.1, -0.05) is 35.9 Å². The number of hydrogen-bond donors (Lipinski definition) is 2. The van der Waals surface area contributed by atoms with Gasteiger partial charge < -0.3 is 10.6 Å². The highest BCUT2D eigenvalue weighted by molar-refractivity contribution is 6.31. The summed E-state index contributed by atoms with van der Waals surface area (Å²) in [5.41, 5.74) is 1.43. The Labute approximate surface area is 123 Å². The standard InChI is InChI=1S/C15H17ClN2O2/c1-3-4-5-9-14(19)17-10-15(20)18-13-8-6-7-12(16)11(13)2/h3-9H,10H2,1-2H3,(H,17,19)(H,18,20)/b4-3+,9-5+. The van der Waals surface area contributed by atoms with Gasteiger partial charge in [0.2, 0.25) is 11.8 Å². The molecule has 0 aromatic heterocycles. The Bertz CT molecular complexity index is 551. The van der Waals surface area contributed by atoms with E-state index in [2.05, 4.69) is 10.6 Å². The molecule has 20 heavy (non-hydrogen) atoms. The Kier molecular flexibility index (Phi) is 6.53. The Morgan fingerprint density at radius 1 is 1.30 bits per heavy atom. The van der Waals surface area contributed by atoms with Crippen LogP contribution < -0.4 is 10.6 Å². The molecule has 2 N–H and O–H groups in total. The summed E-state index contributed by atoms with van der Waals surface area (Å²) in [5, 5.41) is 5.77. The molecule has 0 radical (unpaired) electrons. The van der Waals surface area contributed by atoms with Gasteiger partial charge in [0, 0.05) is 16.8 Å². The van der Waals surface area contributed by atoms with Crippen molar-refractivity contribution in [1.82, 2.24) is 5.32 Å². The third kappa shape index (κ3) is 5.28. The van der Waals surface area contributed by atoms with Gasteiger partial charge in [-0.25, -0.2) is 0 Å². The molecule has 106 valence electrons. The van der Waals surface area contributed by atoms with Crippen molar-refractivity contribution >= 4 is 29.1 Å². The highest BCUT2D eigenvalue weighted by Gasteiger charge is 2.07. The highest BCUT2D eigenvalue weighted by Crippen LogP contribution is 2.22. The smallest absolute Gasteiger partial charge is 0.244 e. The number of hydrogen-bond acceptors (Lipinski definition) is 2. The van der Waals surface area contributed by atoms with Crippen LogP contribution in [0.5, 0.6) is 0 Å². The van der Waals surface area contributed by atoms with E-state index < -0.39 is 0 Å². The van der Waals surface area contributed by atoms with Gasteiger partial charge >= 0.3 is 0 Å². The molecule has 0 saturated heterocycles. The fourth-order valence-electron chi connectivity index (χ4n) is 1.42. The molecule has 0 spiro atoms. The van der Waals surface area contributed by atoms with Gasteiger partial charge in [-0.2, -0.15) is 0 Å². The van der Waals surface area contributed by atoms with E-state index in [4.69, 9.17) is 11.6 Å². The van der Waals surface area contributed by atoms with E-state index in [1.807, 2.05) is 13.8 Å². The summed E-state index contributed by atoms with van der Waals surface area (Å²) in [6.45, 7) is 3.57. The normalized spacial score (nSPS) is 10.9. The molecule has 1 aromatic rings. The monoisotopic (exact) mass is 292 g/mol. The van der Waals surface area contributed by atoms with Gasteiger partial charge in [0.15, 0.2) is 0 Å². The first kappa shape index (κ1) is 16.0. The lowest BCUT2D eigenvalue weighted by Gasteiger charge is -2.09. The molecule has 0 aliphatic heterocycles. The number of anilines is 1. The number of benzene rings is 1. The average molecular weight is 293 g/mol. The quantitative estimate of drug-likeness (QED) is 0.647. The van der Waals surface area contributed by atoms with E-state index in [1.165, 1.54) is 6.08 Å². The van der Waals surface area contributed by atoms with Crippen molar-refractivity contribution in [1.29, 1.82) is 0 Å². The second-order valence-electron chi connectivity index (χ2n) is 4.06. The molecular weight excluding hydrogens is 276 g/mol. The van der Waals surface area contributed by atoms with Crippen LogP contribution >= 0.6 is 11.6 Å². The van der Waals surface area contributed by atoms with Gasteiger partial charge in [-0.15, -0.1) is 0 Å².